The number of amides is 3. The van der Waals surface area contributed by atoms with Gasteiger partial charge in [0.1, 0.15) is 5.82 Å². The maximum absolute atomic E-state index is 13.9. The minimum absolute atomic E-state index is 0.0647. The molecule has 2 heterocycles. The van der Waals surface area contributed by atoms with Crippen molar-refractivity contribution in [2.45, 2.75) is 44.6 Å². The average molecular weight is 601 g/mol. The highest BCUT2D eigenvalue weighted by molar-refractivity contribution is 6.31. The molecule has 10 heteroatoms. The van der Waals surface area contributed by atoms with Crippen LogP contribution in [0.5, 0.6) is 0 Å². The largest absolute Gasteiger partial charge is 0.356 e. The Morgan fingerprint density at radius 2 is 1.90 bits per heavy atom. The van der Waals surface area contributed by atoms with Crippen LogP contribution in [-0.4, -0.2) is 47.5 Å². The van der Waals surface area contributed by atoms with Gasteiger partial charge in [-0.15, -0.1) is 0 Å². The molecule has 2 saturated carbocycles. The number of primary amides is 1. The summed E-state index contributed by atoms with van der Waals surface area (Å²) in [6, 6.07) is 15.9. The van der Waals surface area contributed by atoms with Gasteiger partial charge in [-0.05, 0) is 72.6 Å². The number of benzene rings is 2. The first-order valence-corrected chi connectivity index (χ1v) is 14.7. The molecule has 3 unspecified atom stereocenters. The van der Waals surface area contributed by atoms with Crippen molar-refractivity contribution in [3.05, 3.63) is 94.0 Å². The zero-order valence-corrected chi connectivity index (χ0v) is 24.5. The summed E-state index contributed by atoms with van der Waals surface area (Å²) in [5.74, 6) is 1.91. The summed E-state index contributed by atoms with van der Waals surface area (Å²) in [5.41, 5.74) is 7.28. The van der Waals surface area contributed by atoms with Crippen molar-refractivity contribution >= 4 is 40.8 Å². The van der Waals surface area contributed by atoms with E-state index in [1.54, 1.807) is 42.7 Å². The zero-order chi connectivity index (χ0) is 29.4. The summed E-state index contributed by atoms with van der Waals surface area (Å²) in [6.07, 6.45) is 7.60. The Morgan fingerprint density at radius 1 is 1.12 bits per heavy atom. The van der Waals surface area contributed by atoms with Crippen LogP contribution < -0.4 is 16.4 Å². The summed E-state index contributed by atoms with van der Waals surface area (Å²) >= 11 is 11.5. The molecule has 0 bridgehead atoms. The third-order valence-electron chi connectivity index (χ3n) is 7.28. The summed E-state index contributed by atoms with van der Waals surface area (Å²) in [5, 5.41) is 6.05. The van der Waals surface area contributed by atoms with Crippen molar-refractivity contribution in [1.82, 2.24) is 15.2 Å². The van der Waals surface area contributed by atoms with Crippen molar-refractivity contribution < 1.29 is 14.0 Å². The molecule has 41 heavy (non-hydrogen) atoms. The molecule has 3 aliphatic rings. The Kier molecular flexibility index (Phi) is 11.0. The quantitative estimate of drug-likeness (QED) is 0.284. The number of hydrogen-bond acceptors (Lipinski definition) is 4. The van der Waals surface area contributed by atoms with Gasteiger partial charge in [-0.2, -0.15) is 0 Å². The van der Waals surface area contributed by atoms with E-state index in [1.807, 2.05) is 31.2 Å². The average Bonchev–Trinajstić information content (AvgIpc) is 3.85. The van der Waals surface area contributed by atoms with E-state index in [4.69, 9.17) is 28.9 Å². The van der Waals surface area contributed by atoms with Crippen molar-refractivity contribution in [2.24, 2.45) is 17.6 Å². The van der Waals surface area contributed by atoms with Crippen LogP contribution in [0.15, 0.2) is 67.0 Å². The predicted molar refractivity (Wildman–Crippen MR) is 162 cm³/mol. The first kappa shape index (κ1) is 30.8. The fourth-order valence-electron chi connectivity index (χ4n) is 5.07. The van der Waals surface area contributed by atoms with Crippen LogP contribution in [0.2, 0.25) is 10.0 Å². The van der Waals surface area contributed by atoms with Gasteiger partial charge in [0.05, 0.1) is 11.4 Å². The molecule has 3 fully saturated rings. The van der Waals surface area contributed by atoms with Crippen LogP contribution in [-0.2, 0) is 11.2 Å². The van der Waals surface area contributed by atoms with Crippen LogP contribution in [0.25, 0.3) is 0 Å². The number of urea groups is 1. The first-order valence-electron chi connectivity index (χ1n) is 13.9. The van der Waals surface area contributed by atoms with Gasteiger partial charge in [0.15, 0.2) is 0 Å². The molecule has 2 aromatic carbocycles. The Balaban J connectivity index is 0.000000146. The Labute approximate surface area is 250 Å². The molecule has 1 aliphatic heterocycles. The highest BCUT2D eigenvalue weighted by Crippen LogP contribution is 2.60. The van der Waals surface area contributed by atoms with E-state index in [9.17, 15) is 14.0 Å². The monoisotopic (exact) mass is 599 g/mol. The number of hydrogen-bond donors (Lipinski definition) is 3. The number of carbonyl (C=O) groups excluding carboxylic acids is 2. The highest BCUT2D eigenvalue weighted by atomic mass is 35.5. The van der Waals surface area contributed by atoms with E-state index in [1.165, 1.54) is 19.4 Å². The number of halogens is 3. The number of likely N-dealkylation sites (tertiary alicyclic amines) is 1. The number of nitrogens with two attached hydrogens (primary N) is 1. The number of nitrogens with one attached hydrogen (secondary N) is 2. The van der Waals surface area contributed by atoms with Crippen LogP contribution >= 0.6 is 23.2 Å². The molecule has 2 aliphatic carbocycles. The molecule has 3 amide bonds. The fourth-order valence-corrected chi connectivity index (χ4v) is 5.45. The van der Waals surface area contributed by atoms with Crippen LogP contribution in [0, 0.1) is 17.7 Å². The second kappa shape index (κ2) is 14.6. The lowest BCUT2D eigenvalue weighted by molar-refractivity contribution is -0.120. The second-order valence-electron chi connectivity index (χ2n) is 10.6. The highest BCUT2D eigenvalue weighted by Gasteiger charge is 2.63. The van der Waals surface area contributed by atoms with E-state index in [-0.39, 0.29) is 16.7 Å². The van der Waals surface area contributed by atoms with E-state index in [0.29, 0.717) is 35.0 Å². The number of pyridine rings is 1. The maximum atomic E-state index is 13.9. The predicted octanol–water partition coefficient (Wildman–Crippen LogP) is 6.27. The summed E-state index contributed by atoms with van der Waals surface area (Å²) < 4.78 is 13.9. The Hall–Kier alpha value is -3.20. The molecule has 0 spiro atoms. The zero-order valence-electron chi connectivity index (χ0n) is 23.0. The van der Waals surface area contributed by atoms with Gasteiger partial charge in [-0.25, -0.2) is 9.18 Å². The molecular formula is C31H36Cl2FN5O2. The van der Waals surface area contributed by atoms with Gasteiger partial charge in [0, 0.05) is 54.7 Å². The normalized spacial score (nSPS) is 20.1. The van der Waals surface area contributed by atoms with Gasteiger partial charge in [0.25, 0.3) is 0 Å². The second-order valence-corrected chi connectivity index (χ2v) is 11.5. The summed E-state index contributed by atoms with van der Waals surface area (Å²) in [6.45, 7) is 5.18. The number of aromatic nitrogens is 1. The summed E-state index contributed by atoms with van der Waals surface area (Å²) in [4.78, 5) is 28.1. The lowest BCUT2D eigenvalue weighted by atomic mass is 10.1. The standard InChI is InChI=1S/C14H15ClFN.C10H14N2O.C7H7ClN2O/c15-11-3-1-2-9(13(11)16)12-10-7-17(14(10)12)6-8-4-5-8;1-2-5-12-10(13)7-9-4-3-6-11-8-9;8-5-2-1-3-6(4-5)10-7(9)11/h1-3,8,10,12,14H,4-7H2;3-4,6,8H,2,5,7H2,1H3,(H,12,13);1-4H,(H3,9,10,11). The van der Waals surface area contributed by atoms with Crippen molar-refractivity contribution in [2.75, 3.05) is 25.0 Å². The van der Waals surface area contributed by atoms with E-state index >= 15 is 0 Å². The van der Waals surface area contributed by atoms with Gasteiger partial charge in [0.2, 0.25) is 5.91 Å². The lowest BCUT2D eigenvalue weighted by Gasteiger charge is -2.29. The van der Waals surface area contributed by atoms with E-state index in [0.717, 1.165) is 36.6 Å². The number of rotatable bonds is 8. The van der Waals surface area contributed by atoms with Crippen molar-refractivity contribution in [3.8, 4) is 0 Å². The molecule has 6 rings (SSSR count). The smallest absolute Gasteiger partial charge is 0.316 e. The van der Waals surface area contributed by atoms with E-state index < -0.39 is 6.03 Å². The molecule has 3 atom stereocenters. The third-order valence-corrected chi connectivity index (χ3v) is 7.80. The molecular weight excluding hydrogens is 564 g/mol. The molecule has 1 saturated heterocycles. The first-order chi connectivity index (χ1) is 19.8. The van der Waals surface area contributed by atoms with Gasteiger partial charge < -0.3 is 16.4 Å². The Morgan fingerprint density at radius 3 is 2.56 bits per heavy atom. The fraction of sp³-hybridized carbons (Fsp3) is 0.387. The maximum Gasteiger partial charge on any atom is 0.316 e. The van der Waals surface area contributed by atoms with Gasteiger partial charge >= 0.3 is 6.03 Å². The minimum Gasteiger partial charge on any atom is -0.356 e. The lowest BCUT2D eigenvalue weighted by Crippen LogP contribution is -2.40. The van der Waals surface area contributed by atoms with Crippen LogP contribution in [0.4, 0.5) is 14.9 Å². The van der Waals surface area contributed by atoms with Crippen LogP contribution in [0.3, 0.4) is 0 Å². The molecule has 0 radical (unpaired) electrons. The molecule has 218 valence electrons. The topological polar surface area (TPSA) is 100 Å². The third kappa shape index (κ3) is 9.15. The van der Waals surface area contributed by atoms with Crippen molar-refractivity contribution in [1.29, 1.82) is 0 Å². The number of carbonyl (C=O) groups is 2. The minimum atomic E-state index is -0.590. The molecule has 4 N–H and O–H groups in total. The number of nitrogens with zero attached hydrogens (tertiary/aromatic N) is 2. The molecule has 1 aromatic heterocycles. The SMILES string of the molecule is CCCNC(=O)Cc1cccnc1.Fc1c(Cl)cccc1C1C2CN(CC3CC3)C21.NC(=O)Nc1cccc(Cl)c1. The van der Waals surface area contributed by atoms with Crippen molar-refractivity contribution in [3.63, 3.8) is 0 Å². The molecule has 3 aromatic rings. The van der Waals surface area contributed by atoms with Gasteiger partial charge in [-0.3, -0.25) is 14.7 Å². The Bertz CT molecular complexity index is 1320. The summed E-state index contributed by atoms with van der Waals surface area (Å²) in [7, 11) is 0. The molecule has 7 nitrogen and oxygen atoms in total. The van der Waals surface area contributed by atoms with E-state index in [2.05, 4.69) is 20.5 Å². The number of anilines is 1. The van der Waals surface area contributed by atoms with Crippen LogP contribution in [0.1, 0.15) is 43.2 Å². The number of fused-ring (bicyclic) bond motifs is 1. The van der Waals surface area contributed by atoms with Gasteiger partial charge in [-0.1, -0.05) is 54.4 Å².